The number of para-hydroxylation sites is 1. The number of nitriles is 1. The summed E-state index contributed by atoms with van der Waals surface area (Å²) in [5.74, 6) is 0. The van der Waals surface area contributed by atoms with E-state index in [1.54, 1.807) is 36.4 Å². The van der Waals surface area contributed by atoms with Gasteiger partial charge >= 0.3 is 0 Å². The average molecular weight is 298 g/mol. The molecule has 0 spiro atoms. The molecule has 0 radical (unpaired) electrons. The van der Waals surface area contributed by atoms with Crippen LogP contribution >= 0.6 is 0 Å². The van der Waals surface area contributed by atoms with Crippen LogP contribution in [0.5, 0.6) is 0 Å². The van der Waals surface area contributed by atoms with E-state index >= 15 is 0 Å². The highest BCUT2D eigenvalue weighted by Crippen LogP contribution is 2.26. The summed E-state index contributed by atoms with van der Waals surface area (Å²) in [5.41, 5.74) is 2.94. The van der Waals surface area contributed by atoms with Gasteiger partial charge in [0.15, 0.2) is 0 Å². The molecule has 106 valence electrons. The van der Waals surface area contributed by atoms with Crippen LogP contribution in [0.1, 0.15) is 23.1 Å². The zero-order valence-corrected chi connectivity index (χ0v) is 12.2. The Balaban J connectivity index is 1.96. The molecule has 0 aromatic heterocycles. The number of hydrogen-bond donors (Lipinski definition) is 1. The molecule has 0 saturated carbocycles. The van der Waals surface area contributed by atoms with Gasteiger partial charge in [0.25, 0.3) is 10.0 Å². The van der Waals surface area contributed by atoms with Crippen LogP contribution in [-0.2, 0) is 22.9 Å². The van der Waals surface area contributed by atoms with Crippen molar-refractivity contribution >= 4 is 15.7 Å². The molecule has 0 unspecified atom stereocenters. The number of hydrogen-bond acceptors (Lipinski definition) is 3. The molecule has 1 aliphatic rings. The molecule has 0 atom stereocenters. The molecular formula is C16H14N2O2S. The lowest BCUT2D eigenvalue weighted by Gasteiger charge is -2.10. The summed E-state index contributed by atoms with van der Waals surface area (Å²) in [5, 5.41) is 9.03. The van der Waals surface area contributed by atoms with Gasteiger partial charge in [0.1, 0.15) is 6.07 Å². The first-order valence-electron chi connectivity index (χ1n) is 6.74. The molecule has 0 amide bonds. The highest BCUT2D eigenvalue weighted by atomic mass is 32.2. The summed E-state index contributed by atoms with van der Waals surface area (Å²) < 4.78 is 27.4. The first-order chi connectivity index (χ1) is 10.1. The van der Waals surface area contributed by atoms with Crippen LogP contribution in [0.4, 0.5) is 5.69 Å². The van der Waals surface area contributed by atoms with Crippen LogP contribution in [0.3, 0.4) is 0 Å². The van der Waals surface area contributed by atoms with Crippen molar-refractivity contribution in [1.82, 2.24) is 0 Å². The van der Waals surface area contributed by atoms with Gasteiger partial charge in [-0.3, -0.25) is 4.72 Å². The third-order valence-electron chi connectivity index (χ3n) is 3.67. The predicted molar refractivity (Wildman–Crippen MR) is 80.4 cm³/mol. The van der Waals surface area contributed by atoms with Crippen molar-refractivity contribution in [3.05, 3.63) is 59.2 Å². The Morgan fingerprint density at radius 2 is 1.81 bits per heavy atom. The molecule has 0 bridgehead atoms. The van der Waals surface area contributed by atoms with Gasteiger partial charge < -0.3 is 0 Å². The molecule has 0 aliphatic heterocycles. The Labute approximate surface area is 124 Å². The van der Waals surface area contributed by atoms with E-state index < -0.39 is 10.0 Å². The van der Waals surface area contributed by atoms with Crippen molar-refractivity contribution in [2.75, 3.05) is 4.72 Å². The summed E-state index contributed by atoms with van der Waals surface area (Å²) in [7, 11) is -3.67. The highest BCUT2D eigenvalue weighted by molar-refractivity contribution is 7.92. The van der Waals surface area contributed by atoms with E-state index in [2.05, 4.69) is 4.72 Å². The Kier molecular flexibility index (Phi) is 3.40. The average Bonchev–Trinajstić information content (AvgIpc) is 2.95. The van der Waals surface area contributed by atoms with E-state index in [1.165, 1.54) is 5.56 Å². The van der Waals surface area contributed by atoms with Gasteiger partial charge in [0, 0.05) is 0 Å². The molecule has 0 heterocycles. The maximum Gasteiger partial charge on any atom is 0.261 e. The van der Waals surface area contributed by atoms with Crippen LogP contribution in [0.15, 0.2) is 47.4 Å². The number of rotatable bonds is 3. The Bertz CT molecular complexity index is 836. The fourth-order valence-corrected chi connectivity index (χ4v) is 3.72. The summed E-state index contributed by atoms with van der Waals surface area (Å²) in [4.78, 5) is 0.246. The van der Waals surface area contributed by atoms with Gasteiger partial charge in [0.2, 0.25) is 0 Å². The summed E-state index contributed by atoms with van der Waals surface area (Å²) in [6, 6.07) is 13.8. The van der Waals surface area contributed by atoms with Crippen molar-refractivity contribution in [1.29, 1.82) is 5.26 Å². The van der Waals surface area contributed by atoms with Crippen LogP contribution in [-0.4, -0.2) is 8.42 Å². The quantitative estimate of drug-likeness (QED) is 0.947. The third kappa shape index (κ3) is 2.63. The Morgan fingerprint density at radius 1 is 1.05 bits per heavy atom. The lowest BCUT2D eigenvalue weighted by atomic mass is 10.1. The van der Waals surface area contributed by atoms with E-state index in [9.17, 15) is 8.42 Å². The van der Waals surface area contributed by atoms with E-state index in [4.69, 9.17) is 5.26 Å². The topological polar surface area (TPSA) is 70.0 Å². The molecule has 2 aromatic carbocycles. The minimum Gasteiger partial charge on any atom is -0.278 e. The lowest BCUT2D eigenvalue weighted by Crippen LogP contribution is -2.14. The summed E-state index contributed by atoms with van der Waals surface area (Å²) in [6.07, 6.45) is 3.01. The number of nitrogens with zero attached hydrogens (tertiary/aromatic N) is 1. The van der Waals surface area contributed by atoms with Crippen LogP contribution in [0.2, 0.25) is 0 Å². The van der Waals surface area contributed by atoms with Crippen LogP contribution in [0.25, 0.3) is 0 Å². The lowest BCUT2D eigenvalue weighted by molar-refractivity contribution is 0.601. The molecule has 0 saturated heterocycles. The van der Waals surface area contributed by atoms with Crippen molar-refractivity contribution in [3.63, 3.8) is 0 Å². The molecule has 3 rings (SSSR count). The fraction of sp³-hybridized carbons (Fsp3) is 0.188. The van der Waals surface area contributed by atoms with Crippen molar-refractivity contribution in [2.45, 2.75) is 24.2 Å². The van der Waals surface area contributed by atoms with Crippen molar-refractivity contribution < 1.29 is 8.42 Å². The van der Waals surface area contributed by atoms with Crippen molar-refractivity contribution in [2.24, 2.45) is 0 Å². The van der Waals surface area contributed by atoms with Crippen LogP contribution in [0, 0.1) is 11.3 Å². The summed E-state index contributed by atoms with van der Waals surface area (Å²) in [6.45, 7) is 0. The number of benzene rings is 2. The Morgan fingerprint density at radius 3 is 2.62 bits per heavy atom. The van der Waals surface area contributed by atoms with Crippen LogP contribution < -0.4 is 4.72 Å². The first kappa shape index (κ1) is 13.7. The van der Waals surface area contributed by atoms with E-state index in [0.717, 1.165) is 24.8 Å². The second kappa shape index (κ2) is 5.23. The smallest absolute Gasteiger partial charge is 0.261 e. The second-order valence-electron chi connectivity index (χ2n) is 5.05. The number of anilines is 1. The van der Waals surface area contributed by atoms with Gasteiger partial charge in [0.05, 0.1) is 16.1 Å². The predicted octanol–water partition coefficient (Wildman–Crippen LogP) is 2.85. The summed E-state index contributed by atoms with van der Waals surface area (Å²) >= 11 is 0. The van der Waals surface area contributed by atoms with Crippen molar-refractivity contribution in [3.8, 4) is 6.07 Å². The zero-order chi connectivity index (χ0) is 14.9. The normalized spacial score (nSPS) is 13.5. The van der Waals surface area contributed by atoms with E-state index in [-0.39, 0.29) is 4.90 Å². The zero-order valence-electron chi connectivity index (χ0n) is 11.3. The fourth-order valence-electron chi connectivity index (χ4n) is 2.59. The molecule has 5 heteroatoms. The molecule has 2 aromatic rings. The van der Waals surface area contributed by atoms with Gasteiger partial charge in [-0.1, -0.05) is 18.2 Å². The first-order valence-corrected chi connectivity index (χ1v) is 8.22. The second-order valence-corrected chi connectivity index (χ2v) is 6.73. The minimum atomic E-state index is -3.67. The van der Waals surface area contributed by atoms with E-state index in [1.807, 2.05) is 12.1 Å². The number of nitrogens with one attached hydrogen (secondary N) is 1. The molecule has 1 N–H and O–H groups in total. The molecule has 0 fully saturated rings. The maximum absolute atomic E-state index is 12.4. The third-order valence-corrected chi connectivity index (χ3v) is 5.04. The largest absolute Gasteiger partial charge is 0.278 e. The van der Waals surface area contributed by atoms with E-state index in [0.29, 0.717) is 11.3 Å². The highest BCUT2D eigenvalue weighted by Gasteiger charge is 2.19. The molecular weight excluding hydrogens is 284 g/mol. The SMILES string of the molecule is N#Cc1ccccc1NS(=O)(=O)c1ccc2c(c1)CCC2. The van der Waals surface area contributed by atoms with Gasteiger partial charge in [-0.05, 0) is 54.7 Å². The number of sulfonamides is 1. The van der Waals surface area contributed by atoms with Gasteiger partial charge in [-0.2, -0.15) is 5.26 Å². The monoisotopic (exact) mass is 298 g/mol. The standard InChI is InChI=1S/C16H14N2O2S/c17-11-14-4-1-2-7-16(14)18-21(19,20)15-9-8-12-5-3-6-13(12)10-15/h1-2,4,7-10,18H,3,5-6H2. The van der Waals surface area contributed by atoms with Gasteiger partial charge in [-0.15, -0.1) is 0 Å². The molecule has 4 nitrogen and oxygen atoms in total. The maximum atomic E-state index is 12.4. The Hall–Kier alpha value is -2.32. The van der Waals surface area contributed by atoms with Gasteiger partial charge in [-0.25, -0.2) is 8.42 Å². The number of fused-ring (bicyclic) bond motifs is 1. The minimum absolute atomic E-state index is 0.246. The number of aryl methyl sites for hydroxylation is 2. The molecule has 21 heavy (non-hydrogen) atoms. The molecule has 1 aliphatic carbocycles.